The third-order valence-corrected chi connectivity index (χ3v) is 13.4. The zero-order chi connectivity index (χ0) is 36.0. The first-order valence-electron chi connectivity index (χ1n) is 20.6. The zero-order valence-corrected chi connectivity index (χ0v) is 33.5. The molecule has 0 saturated carbocycles. The van der Waals surface area contributed by atoms with Gasteiger partial charge in [0.15, 0.2) is 0 Å². The minimum Gasteiger partial charge on any atom is -0.466 e. The minimum absolute atomic E-state index is 0.0543. The predicted molar refractivity (Wildman–Crippen MR) is 209 cm³/mol. The van der Waals surface area contributed by atoms with Crippen LogP contribution in [0.15, 0.2) is 45.6 Å². The molecule has 0 unspecified atom stereocenters. The van der Waals surface area contributed by atoms with Gasteiger partial charge in [0.05, 0.1) is 6.61 Å². The van der Waals surface area contributed by atoms with Gasteiger partial charge < -0.3 is 16.2 Å². The molecule has 0 aromatic carbocycles. The first kappa shape index (κ1) is 42.5. The largest absolute Gasteiger partial charge is 0.466 e. The summed E-state index contributed by atoms with van der Waals surface area (Å²) in [4.78, 5) is 12.0. The molecule has 2 rings (SSSR count). The van der Waals surface area contributed by atoms with Crippen LogP contribution in [0, 0.1) is 10.8 Å². The van der Waals surface area contributed by atoms with Crippen molar-refractivity contribution in [1.29, 1.82) is 0 Å². The molecule has 0 atom stereocenters. The summed E-state index contributed by atoms with van der Waals surface area (Å²) in [6.07, 6.45) is 26.5. The Bertz CT molecular complexity index is 1140. The average Bonchev–Trinajstić information content (AvgIpc) is 3.74. The van der Waals surface area contributed by atoms with Gasteiger partial charge >= 0.3 is 5.97 Å². The van der Waals surface area contributed by atoms with Gasteiger partial charge in [0.2, 0.25) is 0 Å². The van der Waals surface area contributed by atoms with Gasteiger partial charge in [0.25, 0.3) is 0 Å². The van der Waals surface area contributed by atoms with E-state index in [4.69, 9.17) is 16.2 Å². The van der Waals surface area contributed by atoms with Crippen LogP contribution in [-0.2, 0) is 9.53 Å². The first-order chi connectivity index (χ1) is 22.9. The molecule has 0 saturated heterocycles. The second-order valence-corrected chi connectivity index (χ2v) is 15.2. The van der Waals surface area contributed by atoms with E-state index in [0.717, 1.165) is 89.9 Å². The van der Waals surface area contributed by atoms with Crippen molar-refractivity contribution in [2.24, 2.45) is 22.3 Å². The van der Waals surface area contributed by atoms with Gasteiger partial charge in [-0.25, -0.2) is 0 Å². The Hall–Kier alpha value is -1.65. The number of ether oxygens (including phenoxy) is 1. The van der Waals surface area contributed by atoms with Crippen molar-refractivity contribution >= 4 is 5.97 Å². The van der Waals surface area contributed by atoms with Gasteiger partial charge in [-0.1, -0.05) is 111 Å². The lowest BCUT2D eigenvalue weighted by Crippen LogP contribution is -2.46. The maximum Gasteiger partial charge on any atom is 0.305 e. The van der Waals surface area contributed by atoms with Gasteiger partial charge in [-0.2, -0.15) is 0 Å². The molecule has 0 amide bonds. The highest BCUT2D eigenvalue weighted by Gasteiger charge is 2.54. The highest BCUT2D eigenvalue weighted by molar-refractivity contribution is 5.69. The van der Waals surface area contributed by atoms with Crippen molar-refractivity contribution in [2.75, 3.05) is 6.61 Å². The van der Waals surface area contributed by atoms with Gasteiger partial charge in [-0.3, -0.25) is 4.79 Å². The van der Waals surface area contributed by atoms with Crippen molar-refractivity contribution in [3.05, 3.63) is 45.6 Å². The van der Waals surface area contributed by atoms with Crippen LogP contribution in [-0.4, -0.2) is 23.7 Å². The van der Waals surface area contributed by atoms with Crippen LogP contribution in [0.25, 0.3) is 0 Å². The van der Waals surface area contributed by atoms with Crippen LogP contribution in [0.4, 0.5) is 0 Å². The number of rotatable bonds is 25. The van der Waals surface area contributed by atoms with Crippen LogP contribution in [0.3, 0.4) is 0 Å². The third kappa shape index (κ3) is 8.98. The smallest absolute Gasteiger partial charge is 0.305 e. The molecule has 2 aliphatic carbocycles. The van der Waals surface area contributed by atoms with E-state index in [0.29, 0.717) is 13.0 Å². The lowest BCUT2D eigenvalue weighted by Gasteiger charge is -2.54. The minimum atomic E-state index is -0.278. The van der Waals surface area contributed by atoms with Crippen molar-refractivity contribution in [2.45, 2.75) is 209 Å². The number of nitrogens with two attached hydrogens (primary N) is 2. The number of hydrogen-bond acceptors (Lipinski definition) is 4. The second kappa shape index (κ2) is 19.7. The monoisotopic (exact) mass is 667 g/mol. The van der Waals surface area contributed by atoms with E-state index in [1.54, 1.807) is 16.7 Å². The lowest BCUT2D eigenvalue weighted by molar-refractivity contribution is -0.143. The molecule has 4 heteroatoms. The summed E-state index contributed by atoms with van der Waals surface area (Å²) in [7, 11) is 0. The second-order valence-electron chi connectivity index (χ2n) is 15.2. The molecule has 48 heavy (non-hydrogen) atoms. The Balaban J connectivity index is 2.63. The maximum atomic E-state index is 12.0. The fourth-order valence-electron chi connectivity index (χ4n) is 9.80. The maximum absolute atomic E-state index is 12.0. The van der Waals surface area contributed by atoms with Crippen LogP contribution in [0.1, 0.15) is 198 Å². The summed E-state index contributed by atoms with van der Waals surface area (Å²) >= 11 is 0. The summed E-state index contributed by atoms with van der Waals surface area (Å²) in [6.45, 7) is 23.6. The molecule has 0 aromatic heterocycles. The number of allylic oxidation sites excluding steroid dienone is 6. The fraction of sp³-hybridized carbons (Fsp3) is 0.795. The Labute approximate surface area is 298 Å². The van der Waals surface area contributed by atoms with Crippen LogP contribution >= 0.6 is 0 Å². The molecule has 0 spiro atoms. The van der Waals surface area contributed by atoms with E-state index in [9.17, 15) is 4.79 Å². The zero-order valence-electron chi connectivity index (χ0n) is 33.5. The van der Waals surface area contributed by atoms with Gasteiger partial charge in [-0.15, -0.1) is 0 Å². The number of carbonyl (C=O) groups is 1. The third-order valence-electron chi connectivity index (χ3n) is 13.4. The summed E-state index contributed by atoms with van der Waals surface area (Å²) in [5, 5.41) is 0. The molecule has 0 aliphatic heterocycles. The van der Waals surface area contributed by atoms with Crippen molar-refractivity contribution in [1.82, 2.24) is 0 Å². The van der Waals surface area contributed by atoms with E-state index >= 15 is 0 Å². The normalized spacial score (nSPS) is 16.2. The molecule has 4 N–H and O–H groups in total. The number of esters is 1. The molecule has 2 aliphatic rings. The van der Waals surface area contributed by atoms with Crippen LogP contribution in [0.2, 0.25) is 0 Å². The molecule has 0 heterocycles. The predicted octanol–water partition coefficient (Wildman–Crippen LogP) is 12.4. The molecule has 0 aromatic rings. The van der Waals surface area contributed by atoms with E-state index in [-0.39, 0.29) is 27.9 Å². The molecule has 4 nitrogen and oxygen atoms in total. The highest BCUT2D eigenvalue weighted by atomic mass is 16.5. The van der Waals surface area contributed by atoms with Gasteiger partial charge in [0.1, 0.15) is 0 Å². The summed E-state index contributed by atoms with van der Waals surface area (Å²) in [6, 6.07) is 0. The Kier molecular flexibility index (Phi) is 17.4. The Morgan fingerprint density at radius 2 is 1.06 bits per heavy atom. The van der Waals surface area contributed by atoms with E-state index in [1.807, 2.05) is 6.92 Å². The Morgan fingerprint density at radius 1 is 0.583 bits per heavy atom. The van der Waals surface area contributed by atoms with Crippen LogP contribution in [0.5, 0.6) is 0 Å². The van der Waals surface area contributed by atoms with Crippen molar-refractivity contribution < 1.29 is 9.53 Å². The summed E-state index contributed by atoms with van der Waals surface area (Å²) < 4.78 is 5.17. The molecule has 0 bridgehead atoms. The molecule has 0 fully saturated rings. The molecule has 276 valence electrons. The number of hydrogen-bond donors (Lipinski definition) is 2. The summed E-state index contributed by atoms with van der Waals surface area (Å²) in [5.74, 6) is -0.0714. The van der Waals surface area contributed by atoms with Crippen LogP contribution < -0.4 is 11.5 Å². The SMILES string of the molecule is CCCCCCC1=C(C(CC)(CC)C(CC)(CC)C2=CC(CCCCCC(=O)OCC)=C(C(N)(CC)CC)C2)CC(C(N)(CC)CC)=C1. The molecular formula is C44H78N2O2. The standard InChI is InChI=1S/C44H78N2O2/c1-11-21-22-24-27-34-31-37(43(45,16-6)17-7)33-38(34)42(14-4,15-5)41(12-2,13-3)36-30-35(39(32-36)44(46,18-8)19-9)28-25-23-26-29-40(47)48-20-10/h30-31H,11-29,32-33,45-46H2,1-10H3. The number of unbranched alkanes of at least 4 members (excludes halogenated alkanes) is 5. The van der Waals surface area contributed by atoms with Gasteiger partial charge in [-0.05, 0) is 126 Å². The number of carbonyl (C=O) groups excluding carboxylic acids is 1. The van der Waals surface area contributed by atoms with Crippen molar-refractivity contribution in [3.63, 3.8) is 0 Å². The molecule has 0 radical (unpaired) electrons. The Morgan fingerprint density at radius 3 is 1.54 bits per heavy atom. The highest BCUT2D eigenvalue weighted by Crippen LogP contribution is 2.64. The van der Waals surface area contributed by atoms with E-state index in [1.165, 1.54) is 48.8 Å². The van der Waals surface area contributed by atoms with E-state index < -0.39 is 0 Å². The topological polar surface area (TPSA) is 78.3 Å². The lowest BCUT2D eigenvalue weighted by atomic mass is 9.50. The van der Waals surface area contributed by atoms with Gasteiger partial charge in [0, 0.05) is 28.3 Å². The average molecular weight is 667 g/mol. The first-order valence-corrected chi connectivity index (χ1v) is 20.6. The van der Waals surface area contributed by atoms with E-state index in [2.05, 4.69) is 74.5 Å². The quantitative estimate of drug-likeness (QED) is 0.0751. The summed E-state index contributed by atoms with van der Waals surface area (Å²) in [5.41, 5.74) is 23.5. The van der Waals surface area contributed by atoms with Crippen molar-refractivity contribution in [3.8, 4) is 0 Å². The fourth-order valence-corrected chi connectivity index (χ4v) is 9.80. The molecular weight excluding hydrogens is 588 g/mol.